The van der Waals surface area contributed by atoms with E-state index in [0.717, 1.165) is 0 Å². The molecule has 0 amide bonds. The Balaban J connectivity index is 3.26. The van der Waals surface area contributed by atoms with E-state index in [4.69, 9.17) is 14.4 Å². The van der Waals surface area contributed by atoms with Gasteiger partial charge in [0.1, 0.15) is 22.0 Å². The predicted octanol–water partition coefficient (Wildman–Crippen LogP) is 1.60. The molecule has 0 saturated heterocycles. The van der Waals surface area contributed by atoms with E-state index in [0.29, 0.717) is 0 Å². The van der Waals surface area contributed by atoms with E-state index in [-0.39, 0.29) is 17.1 Å². The Hall–Kier alpha value is -1.38. The number of hydrogen-bond acceptors (Lipinski definition) is 5. The molecule has 1 aromatic heterocycles. The van der Waals surface area contributed by atoms with Crippen LogP contribution in [0.3, 0.4) is 0 Å². The molecule has 1 rings (SSSR count). The van der Waals surface area contributed by atoms with Crippen LogP contribution >= 0.6 is 0 Å². The Kier molecular flexibility index (Phi) is 4.08. The van der Waals surface area contributed by atoms with Crippen molar-refractivity contribution in [2.75, 3.05) is 0 Å². The first kappa shape index (κ1) is 15.7. The quantitative estimate of drug-likeness (QED) is 0.816. The van der Waals surface area contributed by atoms with Gasteiger partial charge in [0, 0.05) is 0 Å². The van der Waals surface area contributed by atoms with Crippen molar-refractivity contribution in [3.63, 3.8) is 0 Å². The molecule has 7 nitrogen and oxygen atoms in total. The van der Waals surface area contributed by atoms with Crippen molar-refractivity contribution in [1.29, 1.82) is 0 Å². The van der Waals surface area contributed by atoms with Gasteiger partial charge in [-0.25, -0.2) is 13.2 Å². The molecule has 0 fully saturated rings. The fourth-order valence-corrected chi connectivity index (χ4v) is 2.82. The second kappa shape index (κ2) is 4.95. The van der Waals surface area contributed by atoms with Gasteiger partial charge in [-0.1, -0.05) is 4.89 Å². The van der Waals surface area contributed by atoms with E-state index in [9.17, 15) is 13.2 Å². The monoisotopic (exact) mass is 291 g/mol. The summed E-state index contributed by atoms with van der Waals surface area (Å²) in [5.74, 6) is -1.34. The molecular formula is C11H17NO6S. The summed E-state index contributed by atoms with van der Waals surface area (Å²) in [6.45, 7) is 7.73. The average molecular weight is 291 g/mol. The fraction of sp³-hybridized carbons (Fsp3) is 0.545. The minimum absolute atomic E-state index is 0.0000841. The molecule has 0 atom stereocenters. The van der Waals surface area contributed by atoms with E-state index >= 15 is 0 Å². The van der Waals surface area contributed by atoms with Gasteiger partial charge in [0.2, 0.25) is 0 Å². The van der Waals surface area contributed by atoms with Crippen LogP contribution < -0.4 is 4.89 Å². The summed E-state index contributed by atoms with van der Waals surface area (Å²) in [5, 5.41) is 9.06. The van der Waals surface area contributed by atoms with E-state index in [1.54, 1.807) is 20.8 Å². The van der Waals surface area contributed by atoms with Crippen LogP contribution in [0.1, 0.15) is 42.6 Å². The molecule has 19 heavy (non-hydrogen) atoms. The van der Waals surface area contributed by atoms with Crippen molar-refractivity contribution in [3.05, 3.63) is 17.1 Å². The second-order valence-electron chi connectivity index (χ2n) is 5.02. The van der Waals surface area contributed by atoms with E-state index < -0.39 is 26.5 Å². The summed E-state index contributed by atoms with van der Waals surface area (Å²) in [5.41, 5.74) is -1.13. The van der Waals surface area contributed by atoms with Gasteiger partial charge in [-0.3, -0.25) is 4.84 Å². The lowest BCUT2D eigenvalue weighted by atomic mass is 10.2. The largest absolute Gasteiger partial charge is 0.478 e. The van der Waals surface area contributed by atoms with Crippen LogP contribution in [0.2, 0.25) is 0 Å². The molecule has 0 radical (unpaired) electrons. The van der Waals surface area contributed by atoms with Crippen molar-refractivity contribution in [3.8, 4) is 0 Å². The van der Waals surface area contributed by atoms with E-state index in [2.05, 4.69) is 0 Å². The maximum absolute atomic E-state index is 12.1. The van der Waals surface area contributed by atoms with Gasteiger partial charge in [0.15, 0.2) is 0 Å². The van der Waals surface area contributed by atoms with Crippen LogP contribution in [0.5, 0.6) is 0 Å². The summed E-state index contributed by atoms with van der Waals surface area (Å²) < 4.78 is 29.2. The van der Waals surface area contributed by atoms with Crippen LogP contribution in [-0.4, -0.2) is 25.1 Å². The zero-order chi connectivity index (χ0) is 15.0. The highest BCUT2D eigenvalue weighted by Gasteiger charge is 2.32. The minimum Gasteiger partial charge on any atom is -0.478 e. The van der Waals surface area contributed by atoms with Gasteiger partial charge in [0.25, 0.3) is 10.0 Å². The van der Waals surface area contributed by atoms with Crippen LogP contribution in [0, 0.1) is 13.8 Å². The smallest absolute Gasteiger partial charge is 0.340 e. The number of carbonyl (C=O) groups is 1. The molecule has 1 aromatic rings. The Labute approximate surface area is 111 Å². The van der Waals surface area contributed by atoms with Crippen molar-refractivity contribution in [2.45, 2.75) is 45.1 Å². The van der Waals surface area contributed by atoms with Gasteiger partial charge >= 0.3 is 5.97 Å². The Morgan fingerprint density at radius 2 is 1.79 bits per heavy atom. The molecule has 2 N–H and O–H groups in total. The first-order valence-electron chi connectivity index (χ1n) is 5.49. The molecule has 0 aliphatic rings. The Bertz CT molecular complexity index is 593. The average Bonchev–Trinajstić information content (AvgIpc) is 2.50. The molecule has 1 heterocycles. The number of sulfonamides is 1. The van der Waals surface area contributed by atoms with Crippen molar-refractivity contribution >= 4 is 16.0 Å². The third kappa shape index (κ3) is 3.55. The lowest BCUT2D eigenvalue weighted by Crippen LogP contribution is -2.34. The summed E-state index contributed by atoms with van der Waals surface area (Å²) in [6.07, 6.45) is 0. The number of aromatic carboxylic acids is 1. The van der Waals surface area contributed by atoms with Crippen molar-refractivity contribution < 1.29 is 27.6 Å². The lowest BCUT2D eigenvalue weighted by Gasteiger charge is -2.19. The normalized spacial score (nSPS) is 12.7. The molecule has 0 aliphatic heterocycles. The van der Waals surface area contributed by atoms with Gasteiger partial charge in [-0.15, -0.1) is 0 Å². The standard InChI is InChI=1S/C11H17NO6S/c1-6-8(10(13)14)9(7(2)17-6)19(15,16)12-18-11(3,4)5/h12H,1-5H3,(H,13,14). The first-order valence-corrected chi connectivity index (χ1v) is 6.97. The summed E-state index contributed by atoms with van der Waals surface area (Å²) >= 11 is 0. The van der Waals surface area contributed by atoms with Crippen LogP contribution in [0.4, 0.5) is 0 Å². The van der Waals surface area contributed by atoms with Gasteiger partial charge in [-0.05, 0) is 34.6 Å². The first-order chi connectivity index (χ1) is 8.46. The van der Waals surface area contributed by atoms with Crippen molar-refractivity contribution in [2.24, 2.45) is 0 Å². The predicted molar refractivity (Wildman–Crippen MR) is 66.3 cm³/mol. The minimum atomic E-state index is -4.13. The molecule has 0 aliphatic carbocycles. The second-order valence-corrected chi connectivity index (χ2v) is 6.61. The fourth-order valence-electron chi connectivity index (χ4n) is 1.46. The van der Waals surface area contributed by atoms with Crippen LogP contribution in [0.25, 0.3) is 0 Å². The van der Waals surface area contributed by atoms with Gasteiger partial charge < -0.3 is 9.52 Å². The van der Waals surface area contributed by atoms with Crippen LogP contribution in [0.15, 0.2) is 9.31 Å². The van der Waals surface area contributed by atoms with Crippen molar-refractivity contribution in [1.82, 2.24) is 4.89 Å². The molecule has 0 bridgehead atoms. The topological polar surface area (TPSA) is 106 Å². The number of furan rings is 1. The molecule has 0 saturated carbocycles. The highest BCUT2D eigenvalue weighted by atomic mass is 32.2. The number of aryl methyl sites for hydroxylation is 2. The third-order valence-corrected chi connectivity index (χ3v) is 3.48. The highest BCUT2D eigenvalue weighted by molar-refractivity contribution is 7.89. The zero-order valence-electron chi connectivity index (χ0n) is 11.4. The molecular weight excluding hydrogens is 274 g/mol. The third-order valence-electron chi connectivity index (χ3n) is 2.15. The molecule has 0 aromatic carbocycles. The Morgan fingerprint density at radius 3 is 2.21 bits per heavy atom. The molecule has 0 unspecified atom stereocenters. The number of nitrogens with one attached hydrogen (secondary N) is 1. The number of rotatable bonds is 4. The SMILES string of the molecule is Cc1oc(C)c(S(=O)(=O)NOC(C)(C)C)c1C(=O)O. The van der Waals surface area contributed by atoms with E-state index in [1.165, 1.54) is 13.8 Å². The molecule has 0 spiro atoms. The number of carboxylic acids is 1. The van der Waals surface area contributed by atoms with Gasteiger partial charge in [0.05, 0.1) is 5.60 Å². The Morgan fingerprint density at radius 1 is 1.26 bits per heavy atom. The van der Waals surface area contributed by atoms with E-state index in [1.807, 2.05) is 4.89 Å². The summed E-state index contributed by atoms with van der Waals surface area (Å²) in [6, 6.07) is 0. The number of carboxylic acid groups (broad SMARTS) is 1. The summed E-state index contributed by atoms with van der Waals surface area (Å²) in [7, 11) is -4.13. The summed E-state index contributed by atoms with van der Waals surface area (Å²) in [4.78, 5) is 17.6. The molecule has 8 heteroatoms. The zero-order valence-corrected chi connectivity index (χ0v) is 12.2. The maximum atomic E-state index is 12.1. The molecule has 108 valence electrons. The number of hydrogen-bond donors (Lipinski definition) is 2. The maximum Gasteiger partial charge on any atom is 0.340 e. The highest BCUT2D eigenvalue weighted by Crippen LogP contribution is 2.26. The lowest BCUT2D eigenvalue weighted by molar-refractivity contribution is -0.0358. The van der Waals surface area contributed by atoms with Crippen LogP contribution in [-0.2, 0) is 14.9 Å². The van der Waals surface area contributed by atoms with Gasteiger partial charge in [-0.2, -0.15) is 0 Å².